The van der Waals surface area contributed by atoms with Gasteiger partial charge in [-0.3, -0.25) is 19.1 Å². The van der Waals surface area contributed by atoms with Gasteiger partial charge in [0.2, 0.25) is 11.8 Å². The van der Waals surface area contributed by atoms with Crippen LogP contribution in [0.15, 0.2) is 36.4 Å². The Balaban J connectivity index is 1.25. The number of fused-ring (bicyclic) bond motifs is 3. The van der Waals surface area contributed by atoms with Gasteiger partial charge >= 0.3 is 6.36 Å². The van der Waals surface area contributed by atoms with Gasteiger partial charge in [0.25, 0.3) is 5.91 Å². The van der Waals surface area contributed by atoms with Gasteiger partial charge in [-0.15, -0.1) is 13.2 Å². The number of carbonyl (C=O) groups is 3. The van der Waals surface area contributed by atoms with Crippen molar-refractivity contribution in [1.82, 2.24) is 14.7 Å². The van der Waals surface area contributed by atoms with Gasteiger partial charge in [-0.25, -0.2) is 4.39 Å². The van der Waals surface area contributed by atoms with E-state index >= 15 is 0 Å². The maximum atomic E-state index is 14.7. The van der Waals surface area contributed by atoms with Crippen LogP contribution in [-0.4, -0.2) is 50.8 Å². The van der Waals surface area contributed by atoms with Crippen molar-refractivity contribution < 1.29 is 36.7 Å². The zero-order valence-corrected chi connectivity index (χ0v) is 21.1. The summed E-state index contributed by atoms with van der Waals surface area (Å²) in [6.45, 7) is -0.261. The lowest BCUT2D eigenvalue weighted by Crippen LogP contribution is -2.52. The van der Waals surface area contributed by atoms with Crippen molar-refractivity contribution in [2.75, 3.05) is 5.32 Å². The number of alkyl halides is 3. The number of rotatable bonds is 7. The number of piperidine rings is 1. The molecule has 1 saturated heterocycles. The second kappa shape index (κ2) is 9.49. The average molecular weight is 560 g/mol. The first-order valence-electron chi connectivity index (χ1n) is 13.0. The summed E-state index contributed by atoms with van der Waals surface area (Å²) in [4.78, 5) is 40.5. The fourth-order valence-corrected chi connectivity index (χ4v) is 6.08. The summed E-state index contributed by atoms with van der Waals surface area (Å²) in [5, 5.41) is 7.21. The van der Waals surface area contributed by atoms with Crippen LogP contribution in [0, 0.1) is 11.7 Å². The van der Waals surface area contributed by atoms with Crippen molar-refractivity contribution in [2.24, 2.45) is 11.7 Å². The zero-order valence-electron chi connectivity index (χ0n) is 21.1. The van der Waals surface area contributed by atoms with Crippen LogP contribution >= 0.6 is 0 Å². The molecule has 2 saturated carbocycles. The molecule has 0 unspecified atom stereocenters. The number of primary amides is 1. The van der Waals surface area contributed by atoms with Crippen molar-refractivity contribution in [2.45, 2.75) is 63.0 Å². The number of benzene rings is 2. The first kappa shape index (κ1) is 26.1. The lowest BCUT2D eigenvalue weighted by Gasteiger charge is -2.34. The lowest BCUT2D eigenvalue weighted by molar-refractivity contribution is -0.275. The highest BCUT2D eigenvalue weighted by molar-refractivity contribution is 6.04. The molecule has 3 aliphatic rings. The summed E-state index contributed by atoms with van der Waals surface area (Å²) in [7, 11) is 0. The maximum Gasteiger partial charge on any atom is 0.573 e. The number of amides is 3. The molecule has 2 aliphatic carbocycles. The summed E-state index contributed by atoms with van der Waals surface area (Å²) < 4.78 is 57.7. The van der Waals surface area contributed by atoms with Crippen molar-refractivity contribution in [3.8, 4) is 5.75 Å². The predicted molar refractivity (Wildman–Crippen MR) is 134 cm³/mol. The molecule has 0 radical (unpaired) electrons. The van der Waals surface area contributed by atoms with Gasteiger partial charge in [-0.2, -0.15) is 5.10 Å². The molecular weight excluding hydrogens is 534 g/mol. The monoisotopic (exact) mass is 559 g/mol. The second-order valence-electron chi connectivity index (χ2n) is 10.5. The average Bonchev–Trinajstić information content (AvgIpc) is 3.38. The molecule has 3 atom stereocenters. The van der Waals surface area contributed by atoms with E-state index in [0.29, 0.717) is 36.1 Å². The van der Waals surface area contributed by atoms with E-state index in [9.17, 15) is 31.9 Å². The largest absolute Gasteiger partial charge is 0.573 e. The number of ether oxygens (including phenoxy) is 1. The number of hydrogen-bond acceptors (Lipinski definition) is 5. The van der Waals surface area contributed by atoms with Gasteiger partial charge in [0.1, 0.15) is 12.6 Å². The molecule has 6 rings (SSSR count). The molecule has 2 bridgehead atoms. The van der Waals surface area contributed by atoms with E-state index in [1.807, 2.05) is 12.1 Å². The smallest absolute Gasteiger partial charge is 0.403 e. The van der Waals surface area contributed by atoms with Gasteiger partial charge < -0.3 is 20.7 Å². The lowest BCUT2D eigenvalue weighted by atomic mass is 9.97. The molecule has 3 N–H and O–H groups in total. The fraction of sp³-hybridized carbons (Fsp3) is 0.407. The minimum atomic E-state index is -5.11. The Morgan fingerprint density at radius 1 is 1.10 bits per heavy atom. The fourth-order valence-electron chi connectivity index (χ4n) is 6.08. The van der Waals surface area contributed by atoms with E-state index in [4.69, 9.17) is 5.73 Å². The summed E-state index contributed by atoms with van der Waals surface area (Å²) in [6, 6.07) is 7.48. The van der Waals surface area contributed by atoms with Gasteiger partial charge in [0.05, 0.1) is 11.2 Å². The van der Waals surface area contributed by atoms with Crippen LogP contribution in [0.5, 0.6) is 5.75 Å². The molecule has 1 aromatic heterocycles. The van der Waals surface area contributed by atoms with Crippen LogP contribution in [0.3, 0.4) is 0 Å². The Morgan fingerprint density at radius 3 is 2.58 bits per heavy atom. The molecule has 3 amide bonds. The summed E-state index contributed by atoms with van der Waals surface area (Å²) in [5.41, 5.74) is 6.76. The molecule has 9 nitrogen and oxygen atoms in total. The molecule has 210 valence electrons. The van der Waals surface area contributed by atoms with E-state index in [1.54, 1.807) is 6.07 Å². The van der Waals surface area contributed by atoms with Gasteiger partial charge in [0.15, 0.2) is 17.3 Å². The van der Waals surface area contributed by atoms with Crippen LogP contribution in [-0.2, 0) is 16.1 Å². The van der Waals surface area contributed by atoms with E-state index in [2.05, 4.69) is 15.2 Å². The third-order valence-corrected chi connectivity index (χ3v) is 7.93. The Labute approximate surface area is 225 Å². The van der Waals surface area contributed by atoms with Gasteiger partial charge in [0, 0.05) is 11.4 Å². The molecular formula is C27H25F4N5O4. The highest BCUT2D eigenvalue weighted by atomic mass is 19.4. The Morgan fingerprint density at radius 2 is 1.88 bits per heavy atom. The first-order valence-corrected chi connectivity index (χ1v) is 13.0. The molecule has 3 fully saturated rings. The van der Waals surface area contributed by atoms with E-state index < -0.39 is 47.4 Å². The molecule has 40 heavy (non-hydrogen) atoms. The number of carbonyl (C=O) groups excluding carboxylic acids is 3. The van der Waals surface area contributed by atoms with E-state index in [-0.39, 0.29) is 24.2 Å². The van der Waals surface area contributed by atoms with Crippen LogP contribution in [0.2, 0.25) is 0 Å². The normalized spacial score (nSPS) is 22.1. The second-order valence-corrected chi connectivity index (χ2v) is 10.5. The number of anilines is 1. The number of halogens is 4. The number of aromatic nitrogens is 2. The third kappa shape index (κ3) is 4.73. The molecule has 2 aromatic carbocycles. The van der Waals surface area contributed by atoms with Crippen molar-refractivity contribution >= 4 is 34.3 Å². The van der Waals surface area contributed by atoms with Crippen molar-refractivity contribution in [3.63, 3.8) is 0 Å². The molecule has 13 heteroatoms. The minimum Gasteiger partial charge on any atom is -0.403 e. The molecule has 1 aliphatic heterocycles. The number of nitrogens with zero attached hydrogens (tertiary/aromatic N) is 3. The summed E-state index contributed by atoms with van der Waals surface area (Å²) in [5.74, 6) is -4.06. The molecule has 0 spiro atoms. The molecule has 3 aromatic rings. The van der Waals surface area contributed by atoms with Gasteiger partial charge in [-0.05, 0) is 73.8 Å². The highest BCUT2D eigenvalue weighted by Gasteiger charge is 2.51. The Kier molecular flexibility index (Phi) is 6.19. The topological polar surface area (TPSA) is 120 Å². The number of likely N-dealkylation sites (tertiary alicyclic amines) is 1. The highest BCUT2D eigenvalue weighted by Crippen LogP contribution is 2.44. The predicted octanol–water partition coefficient (Wildman–Crippen LogP) is 4.07. The van der Waals surface area contributed by atoms with E-state index in [1.165, 1.54) is 9.58 Å². The standard InChI is InChI=1S/C27H25F4N5O4/c28-22-18(2-1-3-20(22)40-27(29,30)31)33-26(39)24-15-6-8-16(10-15)36(24)21(37)12-35-19-9-7-14(13-4-5-13)11-17(19)23(34-35)25(32)38/h1-3,7,9,11,13,15-16,24H,4-6,8,10,12H2,(H2,32,38)(H,33,39)/t15-,16+,24-/m0/s1. The van der Waals surface area contributed by atoms with Crippen molar-refractivity contribution in [3.05, 3.63) is 53.5 Å². The van der Waals surface area contributed by atoms with Crippen LogP contribution in [0.1, 0.15) is 54.1 Å². The zero-order chi connectivity index (χ0) is 28.3. The SMILES string of the molecule is NC(=O)c1nn(CC(=O)N2[C@@H]3CC[C@@H](C3)[C@H]2C(=O)Nc2cccc(OC(F)(F)F)c2F)c2ccc(C3CC3)cc12. The van der Waals surface area contributed by atoms with Gasteiger partial charge in [-0.1, -0.05) is 12.1 Å². The Bertz CT molecular complexity index is 1530. The first-order chi connectivity index (χ1) is 19.0. The van der Waals surface area contributed by atoms with Crippen LogP contribution in [0.4, 0.5) is 23.2 Å². The third-order valence-electron chi connectivity index (χ3n) is 7.93. The summed E-state index contributed by atoms with van der Waals surface area (Å²) in [6.07, 6.45) is -1.06. The summed E-state index contributed by atoms with van der Waals surface area (Å²) >= 11 is 0. The van der Waals surface area contributed by atoms with Crippen LogP contribution in [0.25, 0.3) is 10.9 Å². The number of nitrogens with one attached hydrogen (secondary N) is 1. The maximum absolute atomic E-state index is 14.7. The van der Waals surface area contributed by atoms with Crippen LogP contribution < -0.4 is 15.8 Å². The number of hydrogen-bond donors (Lipinski definition) is 2. The Hall–Kier alpha value is -4.16. The molecule has 2 heterocycles. The quantitative estimate of drug-likeness (QED) is 0.423. The number of nitrogens with two attached hydrogens (primary N) is 1. The minimum absolute atomic E-state index is 0.0546. The van der Waals surface area contributed by atoms with Crippen molar-refractivity contribution in [1.29, 1.82) is 0 Å². The van der Waals surface area contributed by atoms with E-state index in [0.717, 1.165) is 36.6 Å².